The highest BCUT2D eigenvalue weighted by Gasteiger charge is 2.39. The van der Waals surface area contributed by atoms with Gasteiger partial charge in [0.15, 0.2) is 5.17 Å². The molecule has 7 nitrogen and oxygen atoms in total. The van der Waals surface area contributed by atoms with Gasteiger partial charge in [0.2, 0.25) is 11.8 Å². The number of hydrogen-bond acceptors (Lipinski definition) is 6. The number of thioether (sulfide) groups is 1. The lowest BCUT2D eigenvalue weighted by molar-refractivity contribution is -0.128. The summed E-state index contributed by atoms with van der Waals surface area (Å²) in [5.41, 5.74) is 1.50. The Kier molecular flexibility index (Phi) is 7.96. The van der Waals surface area contributed by atoms with E-state index < -0.39 is 5.25 Å². The summed E-state index contributed by atoms with van der Waals surface area (Å²) in [6.07, 6.45) is 0.0986. The average molecular weight is 517 g/mol. The van der Waals surface area contributed by atoms with Gasteiger partial charge in [-0.15, -0.1) is 0 Å². The van der Waals surface area contributed by atoms with E-state index in [0.717, 1.165) is 29.8 Å². The first-order valence-corrected chi connectivity index (χ1v) is 12.2. The van der Waals surface area contributed by atoms with Crippen molar-refractivity contribution in [3.05, 3.63) is 59.1 Å². The fraction of sp³-hybridized carbons (Fsp3) is 0.348. The Bertz CT molecular complexity index is 965. The van der Waals surface area contributed by atoms with Crippen molar-refractivity contribution in [1.82, 2.24) is 9.80 Å². The maximum Gasteiger partial charge on any atom is 0.242 e. The van der Waals surface area contributed by atoms with Crippen LogP contribution in [0.5, 0.6) is 0 Å². The van der Waals surface area contributed by atoms with Crippen LogP contribution in [0.4, 0.5) is 11.4 Å². The standard InChI is InChI=1S/C23H25BrN4O3S/c24-17-6-8-19(9-7-17)25-21(29)16-20-22(30)28(11-10-27-12-14-31-15-13-27)23(32-20)26-18-4-2-1-3-5-18/h1-9,20H,10-16H2,(H,25,29). The van der Waals surface area contributed by atoms with Crippen LogP contribution in [0.25, 0.3) is 0 Å². The SMILES string of the molecule is O=C(CC1SC(=Nc2ccccc2)N(CCN2CCOCC2)C1=O)Nc1ccc(Br)cc1. The van der Waals surface area contributed by atoms with Crippen LogP contribution in [-0.4, -0.2) is 71.4 Å². The number of aliphatic imine (C=N–C) groups is 1. The topological polar surface area (TPSA) is 74.2 Å². The smallest absolute Gasteiger partial charge is 0.242 e. The van der Waals surface area contributed by atoms with E-state index in [9.17, 15) is 9.59 Å². The lowest BCUT2D eigenvalue weighted by atomic mass is 10.2. The Hall–Kier alpha value is -2.20. The summed E-state index contributed by atoms with van der Waals surface area (Å²) in [4.78, 5) is 34.5. The molecule has 2 aromatic rings. The number of amides is 2. The number of nitrogens with one attached hydrogen (secondary N) is 1. The molecule has 2 saturated heterocycles. The van der Waals surface area contributed by atoms with Crippen LogP contribution >= 0.6 is 27.7 Å². The van der Waals surface area contributed by atoms with Gasteiger partial charge >= 0.3 is 0 Å². The summed E-state index contributed by atoms with van der Waals surface area (Å²) in [6, 6.07) is 17.0. The third-order valence-electron chi connectivity index (χ3n) is 5.24. The molecule has 0 aromatic heterocycles. The molecular weight excluding hydrogens is 492 g/mol. The Morgan fingerprint density at radius 3 is 2.53 bits per heavy atom. The van der Waals surface area contributed by atoms with Crippen molar-refractivity contribution in [2.24, 2.45) is 4.99 Å². The van der Waals surface area contributed by atoms with Gasteiger partial charge < -0.3 is 10.1 Å². The van der Waals surface area contributed by atoms with Crippen LogP contribution in [0.15, 0.2) is 64.1 Å². The first-order valence-electron chi connectivity index (χ1n) is 10.6. The highest BCUT2D eigenvalue weighted by atomic mass is 79.9. The van der Waals surface area contributed by atoms with Gasteiger partial charge in [-0.05, 0) is 36.4 Å². The van der Waals surface area contributed by atoms with Gasteiger partial charge in [-0.3, -0.25) is 19.4 Å². The molecule has 0 saturated carbocycles. The maximum absolute atomic E-state index is 13.2. The predicted octanol–water partition coefficient (Wildman–Crippen LogP) is 3.74. The number of amidine groups is 1. The number of rotatable bonds is 7. The molecule has 2 aromatic carbocycles. The lowest BCUT2D eigenvalue weighted by Gasteiger charge is -2.28. The monoisotopic (exact) mass is 516 g/mol. The molecule has 9 heteroatoms. The van der Waals surface area contributed by atoms with E-state index in [2.05, 4.69) is 26.1 Å². The Balaban J connectivity index is 1.44. The summed E-state index contributed by atoms with van der Waals surface area (Å²) in [6.45, 7) is 4.45. The summed E-state index contributed by atoms with van der Waals surface area (Å²) in [5, 5.41) is 3.03. The van der Waals surface area contributed by atoms with Crippen LogP contribution in [0, 0.1) is 0 Å². The number of carbonyl (C=O) groups is 2. The number of anilines is 1. The average Bonchev–Trinajstić information content (AvgIpc) is 3.09. The summed E-state index contributed by atoms with van der Waals surface area (Å²) in [7, 11) is 0. The number of benzene rings is 2. The highest BCUT2D eigenvalue weighted by molar-refractivity contribution is 9.10. The molecule has 0 radical (unpaired) electrons. The third kappa shape index (κ3) is 6.19. The Morgan fingerprint density at radius 2 is 1.81 bits per heavy atom. The van der Waals surface area contributed by atoms with Crippen molar-refractivity contribution in [1.29, 1.82) is 0 Å². The summed E-state index contributed by atoms with van der Waals surface area (Å²) in [5.74, 6) is -0.254. The van der Waals surface area contributed by atoms with Crippen molar-refractivity contribution in [3.8, 4) is 0 Å². The van der Waals surface area contributed by atoms with Gasteiger partial charge in [0.05, 0.1) is 18.9 Å². The second-order valence-corrected chi connectivity index (χ2v) is 9.63. The van der Waals surface area contributed by atoms with Gasteiger partial charge in [-0.1, -0.05) is 45.9 Å². The number of nitrogens with zero attached hydrogens (tertiary/aromatic N) is 3. The van der Waals surface area contributed by atoms with Crippen LogP contribution < -0.4 is 5.32 Å². The van der Waals surface area contributed by atoms with E-state index in [4.69, 9.17) is 9.73 Å². The third-order valence-corrected chi connectivity index (χ3v) is 6.95. The molecule has 0 bridgehead atoms. The predicted molar refractivity (Wildman–Crippen MR) is 131 cm³/mol. The van der Waals surface area contributed by atoms with Gasteiger partial charge in [-0.25, -0.2) is 4.99 Å². The quantitative estimate of drug-likeness (QED) is 0.606. The van der Waals surface area contributed by atoms with E-state index in [1.54, 1.807) is 4.90 Å². The van der Waals surface area contributed by atoms with Crippen molar-refractivity contribution in [2.45, 2.75) is 11.7 Å². The van der Waals surface area contributed by atoms with E-state index in [0.29, 0.717) is 30.6 Å². The molecule has 1 N–H and O–H groups in total. The number of para-hydroxylation sites is 1. The molecule has 2 aliphatic rings. The normalized spacial score (nSPS) is 20.7. The van der Waals surface area contributed by atoms with Crippen molar-refractivity contribution in [3.63, 3.8) is 0 Å². The minimum atomic E-state index is -0.488. The fourth-order valence-corrected chi connectivity index (χ4v) is 4.97. The van der Waals surface area contributed by atoms with E-state index in [-0.39, 0.29) is 18.2 Å². The molecule has 4 rings (SSSR count). The summed E-state index contributed by atoms with van der Waals surface area (Å²) < 4.78 is 6.35. The first kappa shape index (κ1) is 23.0. The van der Waals surface area contributed by atoms with E-state index in [1.807, 2.05) is 54.6 Å². The second kappa shape index (κ2) is 11.1. The molecule has 1 unspecified atom stereocenters. The zero-order valence-electron chi connectivity index (χ0n) is 17.6. The Morgan fingerprint density at radius 1 is 1.09 bits per heavy atom. The molecule has 2 amide bonds. The highest BCUT2D eigenvalue weighted by Crippen LogP contribution is 2.32. The van der Waals surface area contributed by atoms with Crippen LogP contribution in [0.2, 0.25) is 0 Å². The number of hydrogen-bond donors (Lipinski definition) is 1. The minimum Gasteiger partial charge on any atom is -0.379 e. The summed E-state index contributed by atoms with van der Waals surface area (Å²) >= 11 is 4.75. The molecule has 32 heavy (non-hydrogen) atoms. The van der Waals surface area contributed by atoms with Crippen molar-refractivity contribution in [2.75, 3.05) is 44.7 Å². The van der Waals surface area contributed by atoms with Gasteiger partial charge in [0, 0.05) is 42.8 Å². The van der Waals surface area contributed by atoms with Crippen LogP contribution in [-0.2, 0) is 14.3 Å². The number of ether oxygens (including phenoxy) is 1. The number of morpholine rings is 1. The van der Waals surface area contributed by atoms with Gasteiger partial charge in [-0.2, -0.15) is 0 Å². The molecule has 168 valence electrons. The molecular formula is C23H25BrN4O3S. The fourth-order valence-electron chi connectivity index (χ4n) is 3.52. The first-order chi connectivity index (χ1) is 15.6. The van der Waals surface area contributed by atoms with E-state index in [1.165, 1.54) is 11.8 Å². The number of halogens is 1. The van der Waals surface area contributed by atoms with Crippen LogP contribution in [0.1, 0.15) is 6.42 Å². The molecule has 2 heterocycles. The van der Waals surface area contributed by atoms with E-state index >= 15 is 0 Å². The minimum absolute atomic E-state index is 0.0658. The zero-order valence-corrected chi connectivity index (χ0v) is 20.0. The largest absolute Gasteiger partial charge is 0.379 e. The maximum atomic E-state index is 13.2. The van der Waals surface area contributed by atoms with Crippen molar-refractivity contribution < 1.29 is 14.3 Å². The molecule has 1 atom stereocenters. The molecule has 0 spiro atoms. The van der Waals surface area contributed by atoms with Crippen LogP contribution in [0.3, 0.4) is 0 Å². The zero-order chi connectivity index (χ0) is 22.3. The van der Waals surface area contributed by atoms with Crippen molar-refractivity contribution >= 4 is 56.0 Å². The number of carbonyl (C=O) groups excluding carboxylic acids is 2. The lowest BCUT2D eigenvalue weighted by Crippen LogP contribution is -2.43. The molecule has 2 aliphatic heterocycles. The second-order valence-electron chi connectivity index (χ2n) is 7.54. The molecule has 2 fully saturated rings. The van der Waals surface area contributed by atoms with Gasteiger partial charge in [0.1, 0.15) is 5.25 Å². The molecule has 0 aliphatic carbocycles. The van der Waals surface area contributed by atoms with Gasteiger partial charge in [0.25, 0.3) is 0 Å². The Labute approximate surface area is 200 Å².